The Morgan fingerprint density at radius 2 is 2.14 bits per heavy atom. The van der Waals surface area contributed by atoms with Crippen molar-refractivity contribution >= 4 is 0 Å². The molecule has 114 valence electrons. The van der Waals surface area contributed by atoms with E-state index in [0.29, 0.717) is 23.9 Å². The van der Waals surface area contributed by atoms with Crippen molar-refractivity contribution in [2.45, 2.75) is 13.2 Å². The minimum absolute atomic E-state index is 0.234. The number of ether oxygens (including phenoxy) is 3. The topological polar surface area (TPSA) is 78.6 Å². The zero-order valence-corrected chi connectivity index (χ0v) is 12.2. The molecule has 2 rings (SSSR count). The summed E-state index contributed by atoms with van der Waals surface area (Å²) in [6.45, 7) is 2.46. The van der Waals surface area contributed by atoms with E-state index in [4.69, 9.17) is 14.2 Å². The van der Waals surface area contributed by atoms with Gasteiger partial charge in [-0.25, -0.2) is 0 Å². The third kappa shape index (κ3) is 4.73. The second kappa shape index (κ2) is 8.23. The molecule has 0 aliphatic carbocycles. The van der Waals surface area contributed by atoms with Gasteiger partial charge in [-0.2, -0.15) is 4.98 Å². The summed E-state index contributed by atoms with van der Waals surface area (Å²) in [6.07, 6.45) is 1.27. The highest BCUT2D eigenvalue weighted by molar-refractivity contribution is 5.42. The maximum absolute atomic E-state index is 5.62. The van der Waals surface area contributed by atoms with Gasteiger partial charge in [0.1, 0.15) is 0 Å². The van der Waals surface area contributed by atoms with Crippen LogP contribution in [-0.4, -0.2) is 37.5 Å². The van der Waals surface area contributed by atoms with E-state index in [1.54, 1.807) is 14.2 Å². The maximum atomic E-state index is 5.62. The molecule has 0 spiro atoms. The molecule has 1 heterocycles. The number of hydrogen-bond donors (Lipinski definition) is 1. The number of aromatic nitrogens is 2. The third-order valence-electron chi connectivity index (χ3n) is 2.80. The lowest BCUT2D eigenvalue weighted by molar-refractivity contribution is 0.199. The van der Waals surface area contributed by atoms with E-state index in [-0.39, 0.29) is 6.61 Å². The van der Waals surface area contributed by atoms with Crippen LogP contribution in [0, 0.1) is 0 Å². The molecule has 0 saturated carbocycles. The maximum Gasteiger partial charge on any atom is 0.213 e. The van der Waals surface area contributed by atoms with Crippen LogP contribution >= 0.6 is 0 Å². The number of hydrogen-bond acceptors (Lipinski definition) is 7. The number of rotatable bonds is 9. The van der Waals surface area contributed by atoms with Gasteiger partial charge in [0, 0.05) is 20.2 Å². The fourth-order valence-electron chi connectivity index (χ4n) is 1.75. The summed E-state index contributed by atoms with van der Waals surface area (Å²) in [5.74, 6) is 1.80. The summed E-state index contributed by atoms with van der Waals surface area (Å²) < 4.78 is 20.6. The van der Waals surface area contributed by atoms with Gasteiger partial charge in [-0.15, -0.1) is 0 Å². The number of benzene rings is 1. The van der Waals surface area contributed by atoms with Gasteiger partial charge in [0.15, 0.2) is 18.1 Å². The molecule has 1 aromatic carbocycles. The van der Waals surface area contributed by atoms with Crippen molar-refractivity contribution < 1.29 is 18.7 Å². The number of nitrogens with one attached hydrogen (secondary N) is 1. The Morgan fingerprint density at radius 1 is 1.24 bits per heavy atom. The largest absolute Gasteiger partial charge is 0.493 e. The van der Waals surface area contributed by atoms with Crippen LogP contribution in [0.5, 0.6) is 11.5 Å². The Labute approximate surface area is 123 Å². The van der Waals surface area contributed by atoms with E-state index in [0.717, 1.165) is 18.7 Å². The molecule has 0 atom stereocenters. The third-order valence-corrected chi connectivity index (χ3v) is 2.80. The lowest BCUT2D eigenvalue weighted by Gasteiger charge is -2.11. The van der Waals surface area contributed by atoms with Gasteiger partial charge in [0.05, 0.1) is 13.7 Å². The average molecular weight is 293 g/mol. The van der Waals surface area contributed by atoms with Crippen LogP contribution in [0.4, 0.5) is 0 Å². The van der Waals surface area contributed by atoms with E-state index in [9.17, 15) is 0 Å². The fourth-order valence-corrected chi connectivity index (χ4v) is 1.75. The van der Waals surface area contributed by atoms with Gasteiger partial charge >= 0.3 is 0 Å². The SMILES string of the molecule is COCCNCc1ccc(OCc2ncon2)c(OC)c1. The summed E-state index contributed by atoms with van der Waals surface area (Å²) in [5.41, 5.74) is 1.11. The minimum atomic E-state index is 0.234. The van der Waals surface area contributed by atoms with Crippen molar-refractivity contribution in [3.05, 3.63) is 36.0 Å². The van der Waals surface area contributed by atoms with E-state index in [2.05, 4.69) is 20.0 Å². The van der Waals surface area contributed by atoms with Crippen LogP contribution in [0.2, 0.25) is 0 Å². The van der Waals surface area contributed by atoms with Gasteiger partial charge < -0.3 is 24.1 Å². The zero-order valence-electron chi connectivity index (χ0n) is 12.2. The number of methoxy groups -OCH3 is 2. The summed E-state index contributed by atoms with van der Waals surface area (Å²) in [4.78, 5) is 3.90. The summed E-state index contributed by atoms with van der Waals surface area (Å²) >= 11 is 0. The summed E-state index contributed by atoms with van der Waals surface area (Å²) in [6, 6.07) is 5.78. The van der Waals surface area contributed by atoms with Crippen LogP contribution in [0.25, 0.3) is 0 Å². The van der Waals surface area contributed by atoms with Crippen LogP contribution in [0.1, 0.15) is 11.4 Å². The van der Waals surface area contributed by atoms with Gasteiger partial charge in [0.25, 0.3) is 0 Å². The molecule has 7 nitrogen and oxygen atoms in total. The minimum Gasteiger partial charge on any atom is -0.493 e. The second-order valence-electron chi connectivity index (χ2n) is 4.29. The first-order chi connectivity index (χ1) is 10.3. The molecular weight excluding hydrogens is 274 g/mol. The normalized spacial score (nSPS) is 10.6. The molecule has 1 aromatic heterocycles. The Hall–Kier alpha value is -2.12. The van der Waals surface area contributed by atoms with Crippen LogP contribution in [0.15, 0.2) is 29.1 Å². The van der Waals surface area contributed by atoms with Gasteiger partial charge in [-0.3, -0.25) is 0 Å². The molecule has 0 radical (unpaired) electrons. The molecule has 0 amide bonds. The highest BCUT2D eigenvalue weighted by atomic mass is 16.5. The van der Waals surface area contributed by atoms with E-state index < -0.39 is 0 Å². The highest BCUT2D eigenvalue weighted by Gasteiger charge is 2.07. The van der Waals surface area contributed by atoms with Gasteiger partial charge in [0.2, 0.25) is 12.2 Å². The molecule has 0 saturated heterocycles. The molecule has 21 heavy (non-hydrogen) atoms. The predicted molar refractivity (Wildman–Crippen MR) is 75.2 cm³/mol. The van der Waals surface area contributed by atoms with Crippen LogP contribution < -0.4 is 14.8 Å². The van der Waals surface area contributed by atoms with Crippen molar-refractivity contribution in [2.75, 3.05) is 27.4 Å². The second-order valence-corrected chi connectivity index (χ2v) is 4.29. The van der Waals surface area contributed by atoms with Crippen LogP contribution in [0.3, 0.4) is 0 Å². The molecule has 0 fully saturated rings. The Morgan fingerprint density at radius 3 is 2.86 bits per heavy atom. The van der Waals surface area contributed by atoms with Crippen molar-refractivity contribution in [1.29, 1.82) is 0 Å². The Bertz CT molecular complexity index is 531. The molecule has 0 aliphatic rings. The molecule has 2 aromatic rings. The van der Waals surface area contributed by atoms with Crippen molar-refractivity contribution in [3.8, 4) is 11.5 Å². The van der Waals surface area contributed by atoms with Crippen molar-refractivity contribution in [2.24, 2.45) is 0 Å². The summed E-state index contributed by atoms with van der Waals surface area (Å²) in [5, 5.41) is 6.96. The molecule has 7 heteroatoms. The fraction of sp³-hybridized carbons (Fsp3) is 0.429. The molecule has 1 N–H and O–H groups in total. The van der Waals surface area contributed by atoms with E-state index in [1.807, 2.05) is 18.2 Å². The molecule has 0 bridgehead atoms. The Kier molecular flexibility index (Phi) is 5.99. The first-order valence-electron chi connectivity index (χ1n) is 6.58. The monoisotopic (exact) mass is 293 g/mol. The average Bonchev–Trinajstić information content (AvgIpc) is 3.03. The van der Waals surface area contributed by atoms with E-state index in [1.165, 1.54) is 6.39 Å². The van der Waals surface area contributed by atoms with Gasteiger partial charge in [-0.05, 0) is 17.7 Å². The molecule has 0 unspecified atom stereocenters. The first kappa shape index (κ1) is 15.3. The zero-order chi connectivity index (χ0) is 14.9. The summed E-state index contributed by atoms with van der Waals surface area (Å²) in [7, 11) is 3.29. The standard InChI is InChI=1S/C14H19N3O4/c1-18-6-5-15-8-11-3-4-12(13(7-11)19-2)20-9-14-16-10-21-17-14/h3-4,7,10,15H,5-6,8-9H2,1-2H3. The van der Waals surface area contributed by atoms with Crippen molar-refractivity contribution in [1.82, 2.24) is 15.5 Å². The quantitative estimate of drug-likeness (QED) is 0.700. The lowest BCUT2D eigenvalue weighted by atomic mass is 10.2. The highest BCUT2D eigenvalue weighted by Crippen LogP contribution is 2.28. The molecule has 0 aliphatic heterocycles. The number of nitrogens with zero attached hydrogens (tertiary/aromatic N) is 2. The van der Waals surface area contributed by atoms with Crippen LogP contribution in [-0.2, 0) is 17.9 Å². The Balaban J connectivity index is 1.92. The smallest absolute Gasteiger partial charge is 0.213 e. The lowest BCUT2D eigenvalue weighted by Crippen LogP contribution is -2.18. The van der Waals surface area contributed by atoms with Crippen molar-refractivity contribution in [3.63, 3.8) is 0 Å². The predicted octanol–water partition coefficient (Wildman–Crippen LogP) is 1.39. The molecular formula is C14H19N3O4. The van der Waals surface area contributed by atoms with E-state index >= 15 is 0 Å². The first-order valence-corrected chi connectivity index (χ1v) is 6.58. The van der Waals surface area contributed by atoms with Gasteiger partial charge in [-0.1, -0.05) is 11.2 Å².